The number of nitrogens with zero attached hydrogens (tertiary/aromatic N) is 2. The van der Waals surface area contributed by atoms with Crippen molar-refractivity contribution in [3.05, 3.63) is 21.9 Å². The van der Waals surface area contributed by atoms with E-state index >= 15 is 0 Å². The summed E-state index contributed by atoms with van der Waals surface area (Å²) in [5.41, 5.74) is 1.51. The quantitative estimate of drug-likeness (QED) is 0.660. The Bertz CT molecular complexity index is 452. The molecular formula is C15H26N4S. The number of guanidine groups is 1. The highest BCUT2D eigenvalue weighted by atomic mass is 32.1. The summed E-state index contributed by atoms with van der Waals surface area (Å²) >= 11 is 1.90. The zero-order chi connectivity index (χ0) is 14.5. The molecule has 0 radical (unpaired) electrons. The van der Waals surface area contributed by atoms with E-state index in [9.17, 15) is 0 Å². The lowest BCUT2D eigenvalue weighted by Crippen LogP contribution is -2.48. The minimum absolute atomic E-state index is 0.403. The van der Waals surface area contributed by atoms with E-state index < -0.39 is 0 Å². The normalized spacial score (nSPS) is 17.9. The molecule has 1 aromatic heterocycles. The van der Waals surface area contributed by atoms with Crippen LogP contribution in [0.3, 0.4) is 0 Å². The van der Waals surface area contributed by atoms with E-state index in [0.29, 0.717) is 12.1 Å². The summed E-state index contributed by atoms with van der Waals surface area (Å²) in [5.74, 6) is 0.889. The molecule has 1 unspecified atom stereocenters. The Balaban J connectivity index is 1.82. The molecule has 2 heterocycles. The van der Waals surface area contributed by atoms with Crippen molar-refractivity contribution >= 4 is 17.3 Å². The third-order valence-electron chi connectivity index (χ3n) is 3.67. The molecular weight excluding hydrogens is 268 g/mol. The summed E-state index contributed by atoms with van der Waals surface area (Å²) in [4.78, 5) is 8.37. The van der Waals surface area contributed by atoms with Crippen LogP contribution in [0.25, 0.3) is 0 Å². The molecule has 0 spiro atoms. The average molecular weight is 294 g/mol. The fourth-order valence-corrected chi connectivity index (χ4v) is 3.38. The van der Waals surface area contributed by atoms with E-state index in [0.717, 1.165) is 25.6 Å². The van der Waals surface area contributed by atoms with Gasteiger partial charge in [-0.05, 0) is 44.2 Å². The number of fused-ring (bicyclic) bond motifs is 1. The molecule has 0 saturated heterocycles. The van der Waals surface area contributed by atoms with Gasteiger partial charge in [0.1, 0.15) is 0 Å². The summed E-state index contributed by atoms with van der Waals surface area (Å²) in [6.07, 6.45) is 1.19. The molecule has 0 saturated carbocycles. The Kier molecular flexibility index (Phi) is 5.43. The number of aliphatic imine (C=N–C) groups is 1. The minimum Gasteiger partial charge on any atom is -0.355 e. The molecule has 2 rings (SSSR count). The lowest BCUT2D eigenvalue weighted by molar-refractivity contribution is 0.192. The topological polar surface area (TPSA) is 39.7 Å². The van der Waals surface area contributed by atoms with Gasteiger partial charge in [-0.3, -0.25) is 9.89 Å². The Morgan fingerprint density at radius 3 is 2.95 bits per heavy atom. The molecule has 1 atom stereocenters. The smallest absolute Gasteiger partial charge is 0.191 e. The molecule has 20 heavy (non-hydrogen) atoms. The van der Waals surface area contributed by atoms with Crippen LogP contribution in [0.2, 0.25) is 0 Å². The average Bonchev–Trinajstić information content (AvgIpc) is 2.89. The van der Waals surface area contributed by atoms with E-state index in [4.69, 9.17) is 0 Å². The summed E-state index contributed by atoms with van der Waals surface area (Å²) in [7, 11) is 1.82. The molecule has 1 aromatic rings. The second kappa shape index (κ2) is 7.09. The van der Waals surface area contributed by atoms with Gasteiger partial charge in [0.25, 0.3) is 0 Å². The molecule has 0 amide bonds. The van der Waals surface area contributed by atoms with Crippen LogP contribution < -0.4 is 10.6 Å². The minimum atomic E-state index is 0.403. The monoisotopic (exact) mass is 294 g/mol. The van der Waals surface area contributed by atoms with Gasteiger partial charge in [-0.25, -0.2) is 0 Å². The first-order valence-corrected chi connectivity index (χ1v) is 8.24. The Labute approximate surface area is 126 Å². The van der Waals surface area contributed by atoms with Crippen LogP contribution >= 0.6 is 11.3 Å². The van der Waals surface area contributed by atoms with Crippen LogP contribution in [0.15, 0.2) is 16.4 Å². The molecule has 1 aliphatic heterocycles. The molecule has 112 valence electrons. The molecule has 0 fully saturated rings. The van der Waals surface area contributed by atoms with E-state index in [-0.39, 0.29) is 0 Å². The summed E-state index contributed by atoms with van der Waals surface area (Å²) in [5, 5.41) is 8.95. The number of rotatable bonds is 4. The maximum atomic E-state index is 4.25. The predicted molar refractivity (Wildman–Crippen MR) is 87.5 cm³/mol. The van der Waals surface area contributed by atoms with E-state index in [1.165, 1.54) is 12.0 Å². The Hall–Kier alpha value is -1.07. The molecule has 4 nitrogen and oxygen atoms in total. The van der Waals surface area contributed by atoms with Gasteiger partial charge in [0.05, 0.1) is 0 Å². The number of hydrogen-bond acceptors (Lipinski definition) is 3. The van der Waals surface area contributed by atoms with Crippen LogP contribution in [0, 0.1) is 0 Å². The van der Waals surface area contributed by atoms with Crippen molar-refractivity contribution in [2.75, 3.05) is 20.1 Å². The van der Waals surface area contributed by atoms with Crippen molar-refractivity contribution in [1.82, 2.24) is 15.5 Å². The van der Waals surface area contributed by atoms with Gasteiger partial charge in [-0.1, -0.05) is 0 Å². The molecule has 2 N–H and O–H groups in total. The molecule has 0 bridgehead atoms. The van der Waals surface area contributed by atoms with Gasteiger partial charge in [-0.15, -0.1) is 11.3 Å². The van der Waals surface area contributed by atoms with Crippen molar-refractivity contribution in [1.29, 1.82) is 0 Å². The zero-order valence-corrected chi connectivity index (χ0v) is 13.8. The third kappa shape index (κ3) is 3.96. The SMILES string of the molecule is CN=C(NCC(C)N1CCc2sccc2C1)NC(C)C. The van der Waals surface area contributed by atoms with Crippen LogP contribution in [-0.4, -0.2) is 43.1 Å². The maximum absolute atomic E-state index is 4.25. The van der Waals surface area contributed by atoms with E-state index in [1.807, 2.05) is 18.4 Å². The van der Waals surface area contributed by atoms with Crippen molar-refractivity contribution in [3.63, 3.8) is 0 Å². The lowest BCUT2D eigenvalue weighted by Gasteiger charge is -2.33. The first kappa shape index (κ1) is 15.3. The van der Waals surface area contributed by atoms with Gasteiger partial charge in [-0.2, -0.15) is 0 Å². The fraction of sp³-hybridized carbons (Fsp3) is 0.667. The van der Waals surface area contributed by atoms with Gasteiger partial charge in [0.15, 0.2) is 5.96 Å². The van der Waals surface area contributed by atoms with Gasteiger partial charge in [0, 0.05) is 43.6 Å². The second-order valence-electron chi connectivity index (χ2n) is 5.69. The van der Waals surface area contributed by atoms with Crippen LogP contribution in [0.1, 0.15) is 31.2 Å². The van der Waals surface area contributed by atoms with E-state index in [2.05, 4.69) is 52.7 Å². The number of thiophene rings is 1. The van der Waals surface area contributed by atoms with Gasteiger partial charge < -0.3 is 10.6 Å². The molecule has 0 aliphatic carbocycles. The molecule has 1 aliphatic rings. The zero-order valence-electron chi connectivity index (χ0n) is 12.9. The van der Waals surface area contributed by atoms with Crippen LogP contribution in [-0.2, 0) is 13.0 Å². The second-order valence-corrected chi connectivity index (χ2v) is 6.69. The van der Waals surface area contributed by atoms with Gasteiger partial charge >= 0.3 is 0 Å². The number of nitrogens with one attached hydrogen (secondary N) is 2. The fourth-order valence-electron chi connectivity index (χ4n) is 2.49. The van der Waals surface area contributed by atoms with E-state index in [1.54, 1.807) is 4.88 Å². The largest absolute Gasteiger partial charge is 0.355 e. The standard InChI is InChI=1S/C15H26N4S/c1-11(2)18-15(16-4)17-9-12(3)19-7-5-14-13(10-19)6-8-20-14/h6,8,11-12H,5,7,9-10H2,1-4H3,(H2,16,17,18). The highest BCUT2D eigenvalue weighted by Crippen LogP contribution is 2.24. The highest BCUT2D eigenvalue weighted by molar-refractivity contribution is 7.10. The van der Waals surface area contributed by atoms with Crippen molar-refractivity contribution in [2.45, 2.75) is 45.8 Å². The van der Waals surface area contributed by atoms with Gasteiger partial charge in [0.2, 0.25) is 0 Å². The van der Waals surface area contributed by atoms with Crippen molar-refractivity contribution < 1.29 is 0 Å². The molecule has 0 aromatic carbocycles. The third-order valence-corrected chi connectivity index (χ3v) is 4.70. The van der Waals surface area contributed by atoms with Crippen LogP contribution in [0.4, 0.5) is 0 Å². The Morgan fingerprint density at radius 1 is 1.45 bits per heavy atom. The highest BCUT2D eigenvalue weighted by Gasteiger charge is 2.21. The molecule has 5 heteroatoms. The lowest BCUT2D eigenvalue weighted by atomic mass is 10.1. The Morgan fingerprint density at radius 2 is 2.25 bits per heavy atom. The van der Waals surface area contributed by atoms with Crippen molar-refractivity contribution in [3.8, 4) is 0 Å². The van der Waals surface area contributed by atoms with Crippen molar-refractivity contribution in [2.24, 2.45) is 4.99 Å². The first-order chi connectivity index (χ1) is 9.60. The number of hydrogen-bond donors (Lipinski definition) is 2. The summed E-state index contributed by atoms with van der Waals surface area (Å²) in [6, 6.07) is 3.18. The first-order valence-electron chi connectivity index (χ1n) is 7.36. The summed E-state index contributed by atoms with van der Waals surface area (Å²) in [6.45, 7) is 9.70. The predicted octanol–water partition coefficient (Wildman–Crippen LogP) is 2.07. The summed E-state index contributed by atoms with van der Waals surface area (Å²) < 4.78 is 0. The van der Waals surface area contributed by atoms with Crippen LogP contribution in [0.5, 0.6) is 0 Å². The maximum Gasteiger partial charge on any atom is 0.191 e.